The molecule has 23 heavy (non-hydrogen) atoms. The summed E-state index contributed by atoms with van der Waals surface area (Å²) in [6.07, 6.45) is 3.47. The summed E-state index contributed by atoms with van der Waals surface area (Å²) in [7, 11) is 1.65. The van der Waals surface area contributed by atoms with E-state index in [0.717, 1.165) is 11.6 Å². The van der Waals surface area contributed by atoms with E-state index in [4.69, 9.17) is 5.11 Å². The molecule has 0 spiro atoms. The number of carbonyl (C=O) groups excluding carboxylic acids is 2. The fourth-order valence-electron chi connectivity index (χ4n) is 2.59. The molecule has 0 unspecified atom stereocenters. The van der Waals surface area contributed by atoms with Crippen LogP contribution in [0.4, 0.5) is 0 Å². The highest BCUT2D eigenvalue weighted by Crippen LogP contribution is 2.17. The molecule has 0 aliphatic carbocycles. The molecule has 1 aromatic carbocycles. The van der Waals surface area contributed by atoms with Crippen molar-refractivity contribution in [2.24, 2.45) is 0 Å². The van der Waals surface area contributed by atoms with Gasteiger partial charge in [0.25, 0.3) is 0 Å². The van der Waals surface area contributed by atoms with E-state index < -0.39 is 17.9 Å². The lowest BCUT2D eigenvalue weighted by Crippen LogP contribution is -2.39. The van der Waals surface area contributed by atoms with Crippen LogP contribution in [-0.2, 0) is 20.9 Å². The van der Waals surface area contributed by atoms with Gasteiger partial charge in [-0.2, -0.15) is 0 Å². The molecule has 1 fully saturated rings. The van der Waals surface area contributed by atoms with E-state index in [1.54, 1.807) is 7.05 Å². The van der Waals surface area contributed by atoms with Gasteiger partial charge in [0, 0.05) is 32.3 Å². The third-order valence-corrected chi connectivity index (χ3v) is 3.83. The van der Waals surface area contributed by atoms with E-state index in [-0.39, 0.29) is 5.91 Å². The van der Waals surface area contributed by atoms with E-state index in [2.05, 4.69) is 0 Å². The summed E-state index contributed by atoms with van der Waals surface area (Å²) in [6, 6.07) is 8.74. The highest BCUT2D eigenvalue weighted by Gasteiger charge is 2.32. The number of hydrogen-bond donors (Lipinski definition) is 1. The van der Waals surface area contributed by atoms with Crippen molar-refractivity contribution in [3.05, 3.63) is 48.0 Å². The topological polar surface area (TPSA) is 77.9 Å². The molecular weight excluding hydrogens is 296 g/mol. The summed E-state index contributed by atoms with van der Waals surface area (Å²) < 4.78 is 0. The molecule has 0 aromatic heterocycles. The number of nitrogens with zero attached hydrogens (tertiary/aromatic N) is 2. The maximum atomic E-state index is 12.1. The van der Waals surface area contributed by atoms with Crippen LogP contribution in [0, 0.1) is 0 Å². The Labute approximate surface area is 135 Å². The van der Waals surface area contributed by atoms with Gasteiger partial charge < -0.3 is 14.9 Å². The smallest absolute Gasteiger partial charge is 0.326 e. The average molecular weight is 316 g/mol. The first-order chi connectivity index (χ1) is 11.0. The van der Waals surface area contributed by atoms with Gasteiger partial charge in [-0.05, 0) is 18.4 Å². The number of likely N-dealkylation sites (N-methyl/N-ethyl adjacent to an activating group) is 1. The first-order valence-electron chi connectivity index (χ1n) is 7.49. The predicted molar refractivity (Wildman–Crippen MR) is 84.4 cm³/mol. The van der Waals surface area contributed by atoms with Gasteiger partial charge in [-0.25, -0.2) is 4.79 Å². The van der Waals surface area contributed by atoms with E-state index in [1.807, 2.05) is 30.3 Å². The lowest BCUT2D eigenvalue weighted by Gasteiger charge is -2.19. The summed E-state index contributed by atoms with van der Waals surface area (Å²) in [4.78, 5) is 38.0. The van der Waals surface area contributed by atoms with Crippen molar-refractivity contribution >= 4 is 17.8 Å². The van der Waals surface area contributed by atoms with Gasteiger partial charge in [0.15, 0.2) is 0 Å². The zero-order valence-corrected chi connectivity index (χ0v) is 13.0. The third kappa shape index (κ3) is 4.42. The Morgan fingerprint density at radius 3 is 2.61 bits per heavy atom. The Kier molecular flexibility index (Phi) is 5.51. The minimum atomic E-state index is -1.00. The molecule has 1 N–H and O–H groups in total. The van der Waals surface area contributed by atoms with E-state index in [9.17, 15) is 14.4 Å². The number of aliphatic carboxylic acids is 1. The average Bonchev–Trinajstić information content (AvgIpc) is 3.03. The Morgan fingerprint density at radius 1 is 1.26 bits per heavy atom. The van der Waals surface area contributed by atoms with Crippen molar-refractivity contribution in [3.63, 3.8) is 0 Å². The van der Waals surface area contributed by atoms with E-state index >= 15 is 0 Å². The molecule has 2 rings (SSSR count). The molecule has 6 nitrogen and oxygen atoms in total. The highest BCUT2D eigenvalue weighted by molar-refractivity contribution is 5.98. The van der Waals surface area contributed by atoms with Crippen LogP contribution in [0.5, 0.6) is 0 Å². The fourth-order valence-corrected chi connectivity index (χ4v) is 2.59. The lowest BCUT2D eigenvalue weighted by atomic mass is 10.2. The minimum Gasteiger partial charge on any atom is -0.480 e. The Morgan fingerprint density at radius 2 is 1.96 bits per heavy atom. The number of carboxylic acids is 1. The number of carbonyl (C=O) groups is 3. The van der Waals surface area contributed by atoms with Gasteiger partial charge >= 0.3 is 5.97 Å². The maximum absolute atomic E-state index is 12.1. The van der Waals surface area contributed by atoms with Crippen molar-refractivity contribution in [2.75, 3.05) is 13.6 Å². The number of carboxylic acid groups (broad SMARTS) is 1. The van der Waals surface area contributed by atoms with Crippen molar-refractivity contribution in [1.29, 1.82) is 0 Å². The SMILES string of the molecule is CN(Cc1ccccc1)C(=O)C=CC(=O)N1CCC[C@H]1C(=O)O. The zero-order valence-electron chi connectivity index (χ0n) is 13.0. The minimum absolute atomic E-state index is 0.298. The number of benzene rings is 1. The second-order valence-electron chi connectivity index (χ2n) is 5.54. The van der Waals surface area contributed by atoms with Crippen LogP contribution in [0.1, 0.15) is 18.4 Å². The third-order valence-electron chi connectivity index (χ3n) is 3.83. The van der Waals surface area contributed by atoms with Crippen LogP contribution in [0.25, 0.3) is 0 Å². The summed E-state index contributed by atoms with van der Waals surface area (Å²) >= 11 is 0. The molecule has 1 saturated heterocycles. The second kappa shape index (κ2) is 7.58. The second-order valence-corrected chi connectivity index (χ2v) is 5.54. The van der Waals surface area contributed by atoms with Crippen LogP contribution >= 0.6 is 0 Å². The molecule has 122 valence electrons. The van der Waals surface area contributed by atoms with Crippen LogP contribution in [0.3, 0.4) is 0 Å². The monoisotopic (exact) mass is 316 g/mol. The molecule has 0 radical (unpaired) electrons. The van der Waals surface area contributed by atoms with Crippen molar-refractivity contribution in [1.82, 2.24) is 9.80 Å². The van der Waals surface area contributed by atoms with Gasteiger partial charge in [-0.1, -0.05) is 30.3 Å². The zero-order chi connectivity index (χ0) is 16.8. The molecule has 1 heterocycles. The molecule has 1 aromatic rings. The van der Waals surface area contributed by atoms with Gasteiger partial charge in [0.2, 0.25) is 11.8 Å². The molecule has 1 aliphatic heterocycles. The van der Waals surface area contributed by atoms with Gasteiger partial charge in [0.1, 0.15) is 6.04 Å². The van der Waals surface area contributed by atoms with Gasteiger partial charge in [-0.15, -0.1) is 0 Å². The number of likely N-dealkylation sites (tertiary alicyclic amines) is 1. The molecule has 6 heteroatoms. The first-order valence-corrected chi connectivity index (χ1v) is 7.49. The maximum Gasteiger partial charge on any atom is 0.326 e. The molecule has 0 saturated carbocycles. The largest absolute Gasteiger partial charge is 0.480 e. The highest BCUT2D eigenvalue weighted by atomic mass is 16.4. The molecule has 0 bridgehead atoms. The Balaban J connectivity index is 1.92. The van der Waals surface area contributed by atoms with E-state index in [0.29, 0.717) is 25.9 Å². The van der Waals surface area contributed by atoms with Crippen LogP contribution < -0.4 is 0 Å². The first kappa shape index (κ1) is 16.7. The van der Waals surface area contributed by atoms with Gasteiger partial charge in [0.05, 0.1) is 0 Å². The normalized spacial score (nSPS) is 17.4. The Bertz CT molecular complexity index is 612. The summed E-state index contributed by atoms with van der Waals surface area (Å²) in [5, 5.41) is 9.07. The quantitative estimate of drug-likeness (QED) is 0.830. The number of hydrogen-bond acceptors (Lipinski definition) is 3. The van der Waals surface area contributed by atoms with E-state index in [1.165, 1.54) is 15.9 Å². The molecule has 1 aliphatic rings. The van der Waals surface area contributed by atoms with Gasteiger partial charge in [-0.3, -0.25) is 9.59 Å². The van der Waals surface area contributed by atoms with Crippen molar-refractivity contribution in [2.45, 2.75) is 25.4 Å². The van der Waals surface area contributed by atoms with Crippen LogP contribution in [0.2, 0.25) is 0 Å². The molecule has 1 atom stereocenters. The lowest BCUT2D eigenvalue weighted by molar-refractivity contribution is -0.146. The number of rotatable bonds is 5. The standard InChI is InChI=1S/C17H20N2O4/c1-18(12-13-6-3-2-4-7-13)15(20)9-10-16(21)19-11-5-8-14(19)17(22)23/h2-4,6-7,9-10,14H,5,8,11-12H2,1H3,(H,22,23)/t14-/m0/s1. The van der Waals surface area contributed by atoms with Crippen LogP contribution in [0.15, 0.2) is 42.5 Å². The number of amides is 2. The van der Waals surface area contributed by atoms with Crippen molar-refractivity contribution < 1.29 is 19.5 Å². The predicted octanol–water partition coefficient (Wildman–Crippen LogP) is 1.28. The fraction of sp³-hybridized carbons (Fsp3) is 0.353. The summed E-state index contributed by atoms with van der Waals surface area (Å²) in [6.45, 7) is 0.855. The van der Waals surface area contributed by atoms with Crippen LogP contribution in [-0.4, -0.2) is 52.3 Å². The molecular formula is C17H20N2O4. The van der Waals surface area contributed by atoms with Crippen molar-refractivity contribution in [3.8, 4) is 0 Å². The molecule has 2 amide bonds. The Hall–Kier alpha value is -2.63. The summed E-state index contributed by atoms with van der Waals surface area (Å²) in [5.41, 5.74) is 0.994. The summed E-state index contributed by atoms with van der Waals surface area (Å²) in [5.74, 6) is -1.73.